The number of halogens is 1. The zero-order valence-electron chi connectivity index (χ0n) is 8.66. The molecule has 15 heavy (non-hydrogen) atoms. The molecule has 0 aliphatic heterocycles. The van der Waals surface area contributed by atoms with Crippen LogP contribution >= 0.6 is 11.6 Å². The lowest BCUT2D eigenvalue weighted by Crippen LogP contribution is -2.24. The van der Waals surface area contributed by atoms with Crippen molar-refractivity contribution >= 4 is 17.5 Å². The molecule has 3 nitrogen and oxygen atoms in total. The molecule has 1 atom stereocenters. The second-order valence-corrected chi connectivity index (χ2v) is 3.88. The number of amides is 1. The number of carbonyl (C=O) groups is 1. The summed E-state index contributed by atoms with van der Waals surface area (Å²) in [7, 11) is 0. The van der Waals surface area contributed by atoms with Gasteiger partial charge in [-0.25, -0.2) is 0 Å². The normalized spacial score (nSPS) is 12.4. The fraction of sp³-hybridized carbons (Fsp3) is 0.364. The van der Waals surface area contributed by atoms with Gasteiger partial charge in [-0.2, -0.15) is 0 Å². The van der Waals surface area contributed by atoms with Crippen LogP contribution in [0, 0.1) is 0 Å². The summed E-state index contributed by atoms with van der Waals surface area (Å²) in [5, 5.41) is 3.92. The van der Waals surface area contributed by atoms with Crippen molar-refractivity contribution in [2.75, 3.05) is 6.54 Å². The predicted octanol–water partition coefficient (Wildman–Crippen LogP) is 1.87. The summed E-state index contributed by atoms with van der Waals surface area (Å²) in [5.41, 5.74) is 6.15. The Kier molecular flexibility index (Phi) is 4.59. The van der Waals surface area contributed by atoms with E-state index < -0.39 is 0 Å². The van der Waals surface area contributed by atoms with Gasteiger partial charge in [-0.3, -0.25) is 4.79 Å². The summed E-state index contributed by atoms with van der Waals surface area (Å²) in [6.45, 7) is 2.61. The van der Waals surface area contributed by atoms with Crippen LogP contribution < -0.4 is 11.1 Å². The Morgan fingerprint density at radius 2 is 2.33 bits per heavy atom. The van der Waals surface area contributed by atoms with Gasteiger partial charge in [0.2, 0.25) is 5.91 Å². The number of rotatable bonds is 5. The molecular weight excluding hydrogens is 212 g/mol. The zero-order chi connectivity index (χ0) is 11.3. The Morgan fingerprint density at radius 1 is 1.60 bits per heavy atom. The first-order valence-corrected chi connectivity index (χ1v) is 5.24. The highest BCUT2D eigenvalue weighted by atomic mass is 35.5. The van der Waals surface area contributed by atoms with Crippen LogP contribution in [0.4, 0.5) is 0 Å². The Morgan fingerprint density at radius 3 is 2.93 bits per heavy atom. The molecule has 0 spiro atoms. The van der Waals surface area contributed by atoms with E-state index in [1.165, 1.54) is 0 Å². The molecule has 1 amide bonds. The van der Waals surface area contributed by atoms with Crippen molar-refractivity contribution in [3.05, 3.63) is 34.9 Å². The highest BCUT2D eigenvalue weighted by molar-refractivity contribution is 6.30. The molecule has 0 radical (unpaired) electrons. The molecule has 0 aromatic heterocycles. The molecule has 0 aliphatic carbocycles. The molecule has 4 heteroatoms. The van der Waals surface area contributed by atoms with Gasteiger partial charge in [0, 0.05) is 24.0 Å². The summed E-state index contributed by atoms with van der Waals surface area (Å²) in [4.78, 5) is 10.5. The largest absolute Gasteiger partial charge is 0.370 e. The van der Waals surface area contributed by atoms with Crippen molar-refractivity contribution in [2.45, 2.75) is 19.4 Å². The van der Waals surface area contributed by atoms with E-state index in [2.05, 4.69) is 5.32 Å². The van der Waals surface area contributed by atoms with Crippen LogP contribution in [0.5, 0.6) is 0 Å². The maximum absolute atomic E-state index is 10.5. The number of nitrogens with one attached hydrogen (secondary N) is 1. The van der Waals surface area contributed by atoms with Gasteiger partial charge in [0.05, 0.1) is 0 Å². The fourth-order valence-corrected chi connectivity index (χ4v) is 1.50. The second-order valence-electron chi connectivity index (χ2n) is 3.45. The quantitative estimate of drug-likeness (QED) is 0.806. The number of primary amides is 1. The molecule has 1 rings (SSSR count). The van der Waals surface area contributed by atoms with Gasteiger partial charge in [0.15, 0.2) is 0 Å². The monoisotopic (exact) mass is 226 g/mol. The van der Waals surface area contributed by atoms with Crippen LogP contribution in [0.15, 0.2) is 24.3 Å². The minimum Gasteiger partial charge on any atom is -0.370 e. The lowest BCUT2D eigenvalue weighted by molar-refractivity contribution is -0.117. The molecule has 1 aromatic carbocycles. The molecule has 0 bridgehead atoms. The number of nitrogens with two attached hydrogens (primary N) is 1. The van der Waals surface area contributed by atoms with Gasteiger partial charge in [0.25, 0.3) is 0 Å². The Balaban J connectivity index is 2.46. The van der Waals surface area contributed by atoms with Gasteiger partial charge in [-0.15, -0.1) is 0 Å². The van der Waals surface area contributed by atoms with Gasteiger partial charge in [-0.1, -0.05) is 23.7 Å². The predicted molar refractivity (Wildman–Crippen MR) is 61.7 cm³/mol. The topological polar surface area (TPSA) is 55.1 Å². The van der Waals surface area contributed by atoms with Crippen molar-refractivity contribution in [1.29, 1.82) is 0 Å². The Bertz CT molecular complexity index is 341. The highest BCUT2D eigenvalue weighted by Crippen LogP contribution is 2.16. The van der Waals surface area contributed by atoms with Crippen molar-refractivity contribution in [3.8, 4) is 0 Å². The third-order valence-corrected chi connectivity index (χ3v) is 2.41. The maximum Gasteiger partial charge on any atom is 0.218 e. The van der Waals surface area contributed by atoms with E-state index in [-0.39, 0.29) is 11.9 Å². The standard InChI is InChI=1S/C11H15ClN2O/c1-8(14-6-5-11(13)15)9-3-2-4-10(12)7-9/h2-4,7-8,14H,5-6H2,1H3,(H2,13,15)/t8-/m1/s1. The molecule has 1 aromatic rings. The van der Waals surface area contributed by atoms with Crippen molar-refractivity contribution in [2.24, 2.45) is 5.73 Å². The molecule has 3 N–H and O–H groups in total. The van der Waals surface area contributed by atoms with E-state index in [4.69, 9.17) is 17.3 Å². The van der Waals surface area contributed by atoms with E-state index in [1.54, 1.807) is 0 Å². The van der Waals surface area contributed by atoms with Gasteiger partial charge in [0.1, 0.15) is 0 Å². The summed E-state index contributed by atoms with van der Waals surface area (Å²) in [6, 6.07) is 7.81. The van der Waals surface area contributed by atoms with Crippen LogP contribution in [0.2, 0.25) is 5.02 Å². The van der Waals surface area contributed by atoms with E-state index in [0.717, 1.165) is 10.6 Å². The molecule has 0 heterocycles. The lowest BCUT2D eigenvalue weighted by Gasteiger charge is -2.13. The van der Waals surface area contributed by atoms with Crippen LogP contribution in [-0.4, -0.2) is 12.5 Å². The van der Waals surface area contributed by atoms with Crippen LogP contribution in [0.25, 0.3) is 0 Å². The van der Waals surface area contributed by atoms with E-state index in [1.807, 2.05) is 31.2 Å². The number of benzene rings is 1. The van der Waals surface area contributed by atoms with Gasteiger partial charge >= 0.3 is 0 Å². The third kappa shape index (κ3) is 4.32. The maximum atomic E-state index is 10.5. The van der Waals surface area contributed by atoms with Crippen LogP contribution in [0.3, 0.4) is 0 Å². The summed E-state index contributed by atoms with van der Waals surface area (Å²) >= 11 is 5.87. The van der Waals surface area contributed by atoms with E-state index in [9.17, 15) is 4.79 Å². The molecule has 82 valence electrons. The van der Waals surface area contributed by atoms with E-state index >= 15 is 0 Å². The van der Waals surface area contributed by atoms with Gasteiger partial charge < -0.3 is 11.1 Å². The zero-order valence-corrected chi connectivity index (χ0v) is 9.42. The van der Waals surface area contributed by atoms with Gasteiger partial charge in [-0.05, 0) is 24.6 Å². The smallest absolute Gasteiger partial charge is 0.218 e. The molecular formula is C11H15ClN2O. The summed E-state index contributed by atoms with van der Waals surface area (Å²) < 4.78 is 0. The van der Waals surface area contributed by atoms with Crippen molar-refractivity contribution in [3.63, 3.8) is 0 Å². The fourth-order valence-electron chi connectivity index (χ4n) is 1.31. The molecule has 0 saturated heterocycles. The summed E-state index contributed by atoms with van der Waals surface area (Å²) in [5.74, 6) is -0.291. The molecule has 0 unspecified atom stereocenters. The SMILES string of the molecule is C[C@@H](NCCC(N)=O)c1cccc(Cl)c1. The first-order valence-electron chi connectivity index (χ1n) is 4.86. The third-order valence-electron chi connectivity index (χ3n) is 2.17. The number of hydrogen-bond acceptors (Lipinski definition) is 2. The number of carbonyl (C=O) groups excluding carboxylic acids is 1. The van der Waals surface area contributed by atoms with E-state index in [0.29, 0.717) is 13.0 Å². The average Bonchev–Trinajstić information content (AvgIpc) is 2.17. The first-order chi connectivity index (χ1) is 7.09. The molecule has 0 aliphatic rings. The van der Waals surface area contributed by atoms with Crippen LogP contribution in [-0.2, 0) is 4.79 Å². The first kappa shape index (κ1) is 12.0. The minimum atomic E-state index is -0.291. The highest BCUT2D eigenvalue weighted by Gasteiger charge is 2.05. The molecule has 0 saturated carbocycles. The second kappa shape index (κ2) is 5.73. The minimum absolute atomic E-state index is 0.169. The van der Waals surface area contributed by atoms with Crippen molar-refractivity contribution in [1.82, 2.24) is 5.32 Å². The number of hydrogen-bond donors (Lipinski definition) is 2. The summed E-state index contributed by atoms with van der Waals surface area (Å²) in [6.07, 6.45) is 0.352. The lowest BCUT2D eigenvalue weighted by atomic mass is 10.1. The van der Waals surface area contributed by atoms with Crippen molar-refractivity contribution < 1.29 is 4.79 Å². The van der Waals surface area contributed by atoms with Crippen LogP contribution in [0.1, 0.15) is 24.9 Å². The Hall–Kier alpha value is -1.06. The Labute approximate surface area is 94.6 Å². The average molecular weight is 227 g/mol. The molecule has 0 fully saturated rings.